The molecule has 1 heterocycles. The highest BCUT2D eigenvalue weighted by molar-refractivity contribution is 6.04. The highest BCUT2D eigenvalue weighted by Crippen LogP contribution is 2.37. The average Bonchev–Trinajstić information content (AvgIpc) is 2.86. The van der Waals surface area contributed by atoms with Gasteiger partial charge >= 0.3 is 0 Å². The summed E-state index contributed by atoms with van der Waals surface area (Å²) in [7, 11) is 0. The molecule has 2 aromatic carbocycles. The van der Waals surface area contributed by atoms with E-state index in [-0.39, 0.29) is 0 Å². The van der Waals surface area contributed by atoms with Crippen molar-refractivity contribution in [1.82, 2.24) is 4.57 Å². The van der Waals surface area contributed by atoms with Gasteiger partial charge in [0, 0.05) is 23.1 Å². The third-order valence-electron chi connectivity index (χ3n) is 4.56. The van der Waals surface area contributed by atoms with Crippen LogP contribution in [0.4, 0.5) is 5.69 Å². The van der Waals surface area contributed by atoms with Gasteiger partial charge in [-0.05, 0) is 36.6 Å². The van der Waals surface area contributed by atoms with Crippen molar-refractivity contribution >= 4 is 22.5 Å². The SMILES string of the molecule is CCn1c(-c2ccc(C(C)C)cc2)c(N)c2ccc(C(N)=O)cc21. The maximum atomic E-state index is 11.5. The summed E-state index contributed by atoms with van der Waals surface area (Å²) in [6, 6.07) is 13.9. The summed E-state index contributed by atoms with van der Waals surface area (Å²) in [5.41, 5.74) is 17.4. The Hall–Kier alpha value is -2.75. The number of rotatable bonds is 4. The average molecular weight is 321 g/mol. The summed E-state index contributed by atoms with van der Waals surface area (Å²) in [5.74, 6) is 0.0636. The Morgan fingerprint density at radius 1 is 1.12 bits per heavy atom. The molecule has 0 atom stereocenters. The fraction of sp³-hybridized carbons (Fsp3) is 0.250. The minimum absolute atomic E-state index is 0.429. The zero-order chi connectivity index (χ0) is 17.4. The molecule has 0 radical (unpaired) electrons. The molecule has 3 rings (SSSR count). The lowest BCUT2D eigenvalue weighted by molar-refractivity contribution is 0.100. The molecule has 0 saturated carbocycles. The number of nitrogen functional groups attached to an aromatic ring is 1. The molecule has 4 N–H and O–H groups in total. The number of carbonyl (C=O) groups excluding carboxylic acids is 1. The van der Waals surface area contributed by atoms with Crippen molar-refractivity contribution in [3.8, 4) is 11.3 Å². The molecular formula is C20H23N3O. The van der Waals surface area contributed by atoms with Gasteiger partial charge in [0.1, 0.15) is 0 Å². The highest BCUT2D eigenvalue weighted by atomic mass is 16.1. The van der Waals surface area contributed by atoms with E-state index in [1.54, 1.807) is 6.07 Å². The van der Waals surface area contributed by atoms with Crippen molar-refractivity contribution in [2.45, 2.75) is 33.2 Å². The van der Waals surface area contributed by atoms with E-state index < -0.39 is 5.91 Å². The Bertz CT molecular complexity index is 905. The summed E-state index contributed by atoms with van der Waals surface area (Å²) in [6.07, 6.45) is 0. The van der Waals surface area contributed by atoms with Gasteiger partial charge in [-0.2, -0.15) is 0 Å². The zero-order valence-corrected chi connectivity index (χ0v) is 14.3. The molecule has 0 spiro atoms. The molecular weight excluding hydrogens is 298 g/mol. The van der Waals surface area contributed by atoms with Crippen LogP contribution in [-0.2, 0) is 6.54 Å². The molecule has 1 aromatic heterocycles. The van der Waals surface area contributed by atoms with Crippen molar-refractivity contribution < 1.29 is 4.79 Å². The monoisotopic (exact) mass is 321 g/mol. The Morgan fingerprint density at radius 3 is 2.33 bits per heavy atom. The van der Waals surface area contributed by atoms with E-state index in [2.05, 4.69) is 49.6 Å². The maximum absolute atomic E-state index is 11.5. The van der Waals surface area contributed by atoms with Gasteiger partial charge in [0.05, 0.1) is 16.9 Å². The number of aromatic nitrogens is 1. The summed E-state index contributed by atoms with van der Waals surface area (Å²) >= 11 is 0. The van der Waals surface area contributed by atoms with Crippen LogP contribution in [0.2, 0.25) is 0 Å². The first-order valence-electron chi connectivity index (χ1n) is 8.25. The van der Waals surface area contributed by atoms with Crippen LogP contribution in [0.5, 0.6) is 0 Å². The third kappa shape index (κ3) is 2.54. The molecule has 0 aliphatic heterocycles. The lowest BCUT2D eigenvalue weighted by Crippen LogP contribution is -2.10. The van der Waals surface area contributed by atoms with E-state index in [0.29, 0.717) is 11.5 Å². The number of primary amides is 1. The fourth-order valence-electron chi connectivity index (χ4n) is 3.20. The van der Waals surface area contributed by atoms with E-state index >= 15 is 0 Å². The zero-order valence-electron chi connectivity index (χ0n) is 14.3. The van der Waals surface area contributed by atoms with Gasteiger partial charge in [-0.15, -0.1) is 0 Å². The van der Waals surface area contributed by atoms with Gasteiger partial charge < -0.3 is 16.0 Å². The smallest absolute Gasteiger partial charge is 0.248 e. The molecule has 4 heteroatoms. The third-order valence-corrected chi connectivity index (χ3v) is 4.56. The van der Waals surface area contributed by atoms with Gasteiger partial charge in [-0.1, -0.05) is 38.1 Å². The Kier molecular flexibility index (Phi) is 4.06. The molecule has 0 fully saturated rings. The highest BCUT2D eigenvalue weighted by Gasteiger charge is 2.17. The van der Waals surface area contributed by atoms with E-state index in [4.69, 9.17) is 11.5 Å². The Labute approximate surface area is 142 Å². The second-order valence-electron chi connectivity index (χ2n) is 6.38. The van der Waals surface area contributed by atoms with Crippen molar-refractivity contribution in [3.63, 3.8) is 0 Å². The second kappa shape index (κ2) is 6.04. The van der Waals surface area contributed by atoms with E-state index in [1.165, 1.54) is 5.56 Å². The van der Waals surface area contributed by atoms with Gasteiger partial charge in [0.2, 0.25) is 5.91 Å². The largest absolute Gasteiger partial charge is 0.396 e. The van der Waals surface area contributed by atoms with Crippen LogP contribution < -0.4 is 11.5 Å². The molecule has 4 nitrogen and oxygen atoms in total. The maximum Gasteiger partial charge on any atom is 0.248 e. The van der Waals surface area contributed by atoms with Crippen molar-refractivity contribution in [3.05, 3.63) is 53.6 Å². The van der Waals surface area contributed by atoms with Crippen LogP contribution in [0.15, 0.2) is 42.5 Å². The number of hydrogen-bond acceptors (Lipinski definition) is 2. The summed E-state index contributed by atoms with van der Waals surface area (Å²) in [5, 5.41) is 0.949. The number of hydrogen-bond donors (Lipinski definition) is 2. The van der Waals surface area contributed by atoms with Crippen LogP contribution in [0.1, 0.15) is 42.6 Å². The first kappa shape index (κ1) is 16.1. The summed E-state index contributed by atoms with van der Waals surface area (Å²) < 4.78 is 2.14. The molecule has 0 aliphatic rings. The second-order valence-corrected chi connectivity index (χ2v) is 6.38. The van der Waals surface area contributed by atoms with Gasteiger partial charge in [-0.3, -0.25) is 4.79 Å². The summed E-state index contributed by atoms with van der Waals surface area (Å²) in [4.78, 5) is 11.5. The predicted molar refractivity (Wildman–Crippen MR) is 100 cm³/mol. The number of aryl methyl sites for hydroxylation is 1. The minimum Gasteiger partial charge on any atom is -0.396 e. The summed E-state index contributed by atoms with van der Waals surface area (Å²) in [6.45, 7) is 7.19. The van der Waals surface area contributed by atoms with Gasteiger partial charge in [-0.25, -0.2) is 0 Å². The molecule has 0 bridgehead atoms. The molecule has 0 saturated heterocycles. The van der Waals surface area contributed by atoms with Crippen molar-refractivity contribution in [2.75, 3.05) is 5.73 Å². The number of amides is 1. The molecule has 0 unspecified atom stereocenters. The minimum atomic E-state index is -0.429. The van der Waals surface area contributed by atoms with Crippen LogP contribution in [-0.4, -0.2) is 10.5 Å². The molecule has 3 aromatic rings. The van der Waals surface area contributed by atoms with E-state index in [9.17, 15) is 4.79 Å². The fourth-order valence-corrected chi connectivity index (χ4v) is 3.20. The molecule has 1 amide bonds. The number of fused-ring (bicyclic) bond motifs is 1. The number of anilines is 1. The number of nitrogens with zero attached hydrogens (tertiary/aromatic N) is 1. The van der Waals surface area contributed by atoms with E-state index in [1.807, 2.05) is 12.1 Å². The first-order chi connectivity index (χ1) is 11.4. The lowest BCUT2D eigenvalue weighted by Gasteiger charge is -2.11. The lowest BCUT2D eigenvalue weighted by atomic mass is 10.0. The predicted octanol–water partition coefficient (Wildman–Crippen LogP) is 4.13. The number of carbonyl (C=O) groups is 1. The van der Waals surface area contributed by atoms with Gasteiger partial charge in [0.25, 0.3) is 0 Å². The molecule has 0 aliphatic carbocycles. The topological polar surface area (TPSA) is 74.0 Å². The quantitative estimate of drug-likeness (QED) is 0.758. The Balaban J connectivity index is 2.23. The van der Waals surface area contributed by atoms with Crippen LogP contribution in [0.3, 0.4) is 0 Å². The number of nitrogens with two attached hydrogens (primary N) is 2. The molecule has 124 valence electrons. The van der Waals surface area contributed by atoms with Crippen LogP contribution in [0, 0.1) is 0 Å². The normalized spacial score (nSPS) is 11.3. The molecule has 24 heavy (non-hydrogen) atoms. The Morgan fingerprint density at radius 2 is 1.79 bits per heavy atom. The van der Waals surface area contributed by atoms with Gasteiger partial charge in [0.15, 0.2) is 0 Å². The van der Waals surface area contributed by atoms with Crippen LogP contribution >= 0.6 is 0 Å². The standard InChI is InChI=1S/C20H23N3O/c1-4-23-17-11-15(20(22)24)9-10-16(17)18(21)19(23)14-7-5-13(6-8-14)12(2)3/h5-12H,4,21H2,1-3H3,(H2,22,24). The van der Waals surface area contributed by atoms with Crippen molar-refractivity contribution in [2.24, 2.45) is 5.73 Å². The van der Waals surface area contributed by atoms with E-state index in [0.717, 1.165) is 34.4 Å². The first-order valence-corrected chi connectivity index (χ1v) is 8.25. The van der Waals surface area contributed by atoms with Crippen molar-refractivity contribution in [1.29, 1.82) is 0 Å². The van der Waals surface area contributed by atoms with Crippen LogP contribution in [0.25, 0.3) is 22.2 Å². The number of benzene rings is 2.